The van der Waals surface area contributed by atoms with Gasteiger partial charge < -0.3 is 5.32 Å². The van der Waals surface area contributed by atoms with Gasteiger partial charge >= 0.3 is 0 Å². The van der Waals surface area contributed by atoms with Crippen LogP contribution in [0.15, 0.2) is 24.3 Å². The topological polar surface area (TPSA) is 12.0 Å². The van der Waals surface area contributed by atoms with Crippen molar-refractivity contribution < 1.29 is 0 Å². The highest BCUT2D eigenvalue weighted by Gasteiger charge is 2.29. The maximum absolute atomic E-state index is 3.46. The lowest BCUT2D eigenvalue weighted by molar-refractivity contribution is 0.317. The van der Waals surface area contributed by atoms with E-state index in [1.54, 1.807) is 11.1 Å². The Hall–Kier alpha value is -0.820. The van der Waals surface area contributed by atoms with Gasteiger partial charge in [-0.1, -0.05) is 24.3 Å². The maximum Gasteiger partial charge on any atom is -0.00461 e. The SMILES string of the molecule is c1ccc2c(c1)CCC2C1CCNCC1. The van der Waals surface area contributed by atoms with Crippen LogP contribution in [0.4, 0.5) is 0 Å². The van der Waals surface area contributed by atoms with E-state index in [4.69, 9.17) is 0 Å². The molecular weight excluding hydrogens is 182 g/mol. The summed E-state index contributed by atoms with van der Waals surface area (Å²) in [6.45, 7) is 2.45. The molecule has 1 saturated heterocycles. The fourth-order valence-electron chi connectivity index (χ4n) is 3.33. The van der Waals surface area contributed by atoms with Crippen LogP contribution < -0.4 is 5.32 Å². The van der Waals surface area contributed by atoms with Crippen LogP contribution >= 0.6 is 0 Å². The average Bonchev–Trinajstić information content (AvgIpc) is 2.74. The number of aryl methyl sites for hydroxylation is 1. The molecule has 1 N–H and O–H groups in total. The van der Waals surface area contributed by atoms with E-state index in [1.807, 2.05) is 0 Å². The highest BCUT2D eigenvalue weighted by Crippen LogP contribution is 2.41. The second kappa shape index (κ2) is 3.97. The maximum atomic E-state index is 3.46. The zero-order valence-electron chi connectivity index (χ0n) is 9.21. The standard InChI is InChI=1S/C14H19N/c1-2-4-13-11(3-1)5-6-14(13)12-7-9-15-10-8-12/h1-4,12,14-15H,5-10H2. The zero-order chi connectivity index (χ0) is 10.1. The number of fused-ring (bicyclic) bond motifs is 1. The molecular formula is C14H19N. The molecule has 1 heterocycles. The fraction of sp³-hybridized carbons (Fsp3) is 0.571. The van der Waals surface area contributed by atoms with Crippen LogP contribution in [0.25, 0.3) is 0 Å². The Morgan fingerprint density at radius 3 is 2.67 bits per heavy atom. The van der Waals surface area contributed by atoms with Crippen molar-refractivity contribution in [2.75, 3.05) is 13.1 Å². The summed E-state index contributed by atoms with van der Waals surface area (Å²) in [6, 6.07) is 9.06. The van der Waals surface area contributed by atoms with E-state index in [-0.39, 0.29) is 0 Å². The molecule has 0 amide bonds. The van der Waals surface area contributed by atoms with E-state index in [1.165, 1.54) is 38.8 Å². The molecule has 1 aromatic rings. The first kappa shape index (κ1) is 9.41. The molecule has 2 aliphatic rings. The summed E-state index contributed by atoms with van der Waals surface area (Å²) in [7, 11) is 0. The minimum atomic E-state index is 0.864. The van der Waals surface area contributed by atoms with Crippen molar-refractivity contribution in [1.29, 1.82) is 0 Å². The van der Waals surface area contributed by atoms with Crippen molar-refractivity contribution in [3.05, 3.63) is 35.4 Å². The van der Waals surface area contributed by atoms with Gasteiger partial charge in [-0.3, -0.25) is 0 Å². The van der Waals surface area contributed by atoms with Crippen LogP contribution in [0.1, 0.15) is 36.3 Å². The van der Waals surface area contributed by atoms with Crippen molar-refractivity contribution >= 4 is 0 Å². The minimum Gasteiger partial charge on any atom is -0.317 e. The van der Waals surface area contributed by atoms with Crippen molar-refractivity contribution in [3.8, 4) is 0 Å². The van der Waals surface area contributed by atoms with E-state index in [2.05, 4.69) is 29.6 Å². The predicted molar refractivity (Wildman–Crippen MR) is 63.1 cm³/mol. The lowest BCUT2D eigenvalue weighted by Gasteiger charge is -2.28. The Balaban J connectivity index is 1.83. The molecule has 0 bridgehead atoms. The molecule has 1 aromatic carbocycles. The van der Waals surface area contributed by atoms with E-state index in [9.17, 15) is 0 Å². The second-order valence-corrected chi connectivity index (χ2v) is 4.93. The smallest absolute Gasteiger partial charge is 0.00461 e. The first-order valence-corrected chi connectivity index (χ1v) is 6.23. The molecule has 1 heteroatoms. The van der Waals surface area contributed by atoms with Gasteiger partial charge in [0.2, 0.25) is 0 Å². The molecule has 0 radical (unpaired) electrons. The number of nitrogens with one attached hydrogen (secondary N) is 1. The molecule has 0 saturated carbocycles. The summed E-state index contributed by atoms with van der Waals surface area (Å²) in [6.07, 6.45) is 5.45. The number of benzene rings is 1. The van der Waals surface area contributed by atoms with E-state index < -0.39 is 0 Å². The van der Waals surface area contributed by atoms with Gasteiger partial charge in [0.1, 0.15) is 0 Å². The van der Waals surface area contributed by atoms with Gasteiger partial charge in [0, 0.05) is 0 Å². The summed E-state index contributed by atoms with van der Waals surface area (Å²) in [5, 5.41) is 3.46. The molecule has 1 atom stereocenters. The van der Waals surface area contributed by atoms with Gasteiger partial charge in [-0.25, -0.2) is 0 Å². The summed E-state index contributed by atoms with van der Waals surface area (Å²) < 4.78 is 0. The van der Waals surface area contributed by atoms with E-state index in [0.717, 1.165) is 11.8 Å². The third kappa shape index (κ3) is 1.69. The summed E-state index contributed by atoms with van der Waals surface area (Å²) in [5.74, 6) is 1.80. The molecule has 15 heavy (non-hydrogen) atoms. The highest BCUT2D eigenvalue weighted by molar-refractivity contribution is 5.35. The Bertz CT molecular complexity index is 339. The molecule has 1 aliphatic carbocycles. The van der Waals surface area contributed by atoms with Gasteiger partial charge in [-0.15, -0.1) is 0 Å². The number of hydrogen-bond acceptors (Lipinski definition) is 1. The molecule has 3 rings (SSSR count). The molecule has 1 fully saturated rings. The summed E-state index contributed by atoms with van der Waals surface area (Å²) in [4.78, 5) is 0. The predicted octanol–water partition coefficient (Wildman–Crippen LogP) is 2.72. The molecule has 1 unspecified atom stereocenters. The van der Waals surface area contributed by atoms with Crippen LogP contribution in [-0.2, 0) is 6.42 Å². The number of piperidine rings is 1. The second-order valence-electron chi connectivity index (χ2n) is 4.93. The molecule has 1 nitrogen and oxygen atoms in total. The fourth-order valence-corrected chi connectivity index (χ4v) is 3.33. The molecule has 80 valence electrons. The van der Waals surface area contributed by atoms with Gasteiger partial charge in [-0.05, 0) is 61.7 Å². The monoisotopic (exact) mass is 201 g/mol. The lowest BCUT2D eigenvalue weighted by atomic mass is 9.81. The Morgan fingerprint density at radius 1 is 1.00 bits per heavy atom. The number of rotatable bonds is 1. The first-order valence-electron chi connectivity index (χ1n) is 6.23. The van der Waals surface area contributed by atoms with Gasteiger partial charge in [0.05, 0.1) is 0 Å². The van der Waals surface area contributed by atoms with Gasteiger partial charge in [0.25, 0.3) is 0 Å². The van der Waals surface area contributed by atoms with Crippen molar-refractivity contribution in [3.63, 3.8) is 0 Å². The Labute approximate surface area is 91.9 Å². The molecule has 1 aliphatic heterocycles. The minimum absolute atomic E-state index is 0.864. The van der Waals surface area contributed by atoms with Crippen LogP contribution in [0.3, 0.4) is 0 Å². The van der Waals surface area contributed by atoms with Crippen LogP contribution in [0.2, 0.25) is 0 Å². The summed E-state index contributed by atoms with van der Waals surface area (Å²) in [5.41, 5.74) is 3.27. The van der Waals surface area contributed by atoms with Crippen molar-refractivity contribution in [2.24, 2.45) is 5.92 Å². The normalized spacial score (nSPS) is 26.5. The van der Waals surface area contributed by atoms with E-state index in [0.29, 0.717) is 0 Å². The molecule has 0 spiro atoms. The third-order valence-electron chi connectivity index (χ3n) is 4.13. The molecule has 0 aromatic heterocycles. The third-order valence-corrected chi connectivity index (χ3v) is 4.13. The Morgan fingerprint density at radius 2 is 1.80 bits per heavy atom. The quantitative estimate of drug-likeness (QED) is 0.736. The lowest BCUT2D eigenvalue weighted by Crippen LogP contribution is -2.30. The Kier molecular flexibility index (Phi) is 2.49. The van der Waals surface area contributed by atoms with Crippen LogP contribution in [-0.4, -0.2) is 13.1 Å². The van der Waals surface area contributed by atoms with Crippen molar-refractivity contribution in [1.82, 2.24) is 5.32 Å². The summed E-state index contributed by atoms with van der Waals surface area (Å²) >= 11 is 0. The first-order chi connectivity index (χ1) is 7.45. The van der Waals surface area contributed by atoms with Gasteiger partial charge in [-0.2, -0.15) is 0 Å². The highest BCUT2D eigenvalue weighted by atomic mass is 14.9. The van der Waals surface area contributed by atoms with Crippen LogP contribution in [0.5, 0.6) is 0 Å². The zero-order valence-corrected chi connectivity index (χ0v) is 9.21. The van der Waals surface area contributed by atoms with Crippen molar-refractivity contribution in [2.45, 2.75) is 31.6 Å². The largest absolute Gasteiger partial charge is 0.317 e. The average molecular weight is 201 g/mol. The number of hydrogen-bond donors (Lipinski definition) is 1. The van der Waals surface area contributed by atoms with E-state index >= 15 is 0 Å². The van der Waals surface area contributed by atoms with Gasteiger partial charge in [0.15, 0.2) is 0 Å². The van der Waals surface area contributed by atoms with Crippen LogP contribution in [0, 0.1) is 5.92 Å².